The standard InChI is InChI=1S/C19H8F6O9/c20-18(21,22)9-4-8(12(19(23,24)25)11(17(33)34)10(9)16(31)32)13(26)5-1-2-6(14(27)28)7(3-5)15(29)30/h1-4H,(H,27,28)(H,29,30)(H,31,32)(H,33,34). The van der Waals surface area contributed by atoms with E-state index in [1.807, 2.05) is 0 Å². The first kappa shape index (κ1) is 25.8. The van der Waals surface area contributed by atoms with E-state index in [1.54, 1.807) is 0 Å². The number of ketones is 1. The summed E-state index contributed by atoms with van der Waals surface area (Å²) in [4.78, 5) is 57.9. The first-order valence-electron chi connectivity index (χ1n) is 8.36. The summed E-state index contributed by atoms with van der Waals surface area (Å²) in [6.07, 6.45) is -11.6. The first-order valence-corrected chi connectivity index (χ1v) is 8.36. The third-order valence-corrected chi connectivity index (χ3v) is 4.33. The number of carboxylic acid groups (broad SMARTS) is 4. The van der Waals surface area contributed by atoms with Crippen LogP contribution in [0.1, 0.15) is 68.5 Å². The van der Waals surface area contributed by atoms with Crippen LogP contribution in [0.4, 0.5) is 26.3 Å². The Bertz CT molecular complexity index is 1260. The molecule has 0 saturated carbocycles. The van der Waals surface area contributed by atoms with Crippen molar-refractivity contribution in [1.29, 1.82) is 0 Å². The van der Waals surface area contributed by atoms with Crippen LogP contribution in [0.25, 0.3) is 0 Å². The number of benzene rings is 2. The second-order valence-electron chi connectivity index (χ2n) is 6.40. The number of carbonyl (C=O) groups excluding carboxylic acids is 1. The minimum Gasteiger partial charge on any atom is -0.478 e. The van der Waals surface area contributed by atoms with Crippen LogP contribution in [0.5, 0.6) is 0 Å². The van der Waals surface area contributed by atoms with E-state index in [2.05, 4.69) is 0 Å². The lowest BCUT2D eigenvalue weighted by Gasteiger charge is -2.21. The lowest BCUT2D eigenvalue weighted by molar-refractivity contribution is -0.142. The van der Waals surface area contributed by atoms with E-state index in [-0.39, 0.29) is 6.07 Å². The smallest absolute Gasteiger partial charge is 0.417 e. The van der Waals surface area contributed by atoms with Gasteiger partial charge in [0, 0.05) is 11.1 Å². The monoisotopic (exact) mass is 494 g/mol. The van der Waals surface area contributed by atoms with E-state index < -0.39 is 92.6 Å². The molecule has 9 nitrogen and oxygen atoms in total. The second-order valence-corrected chi connectivity index (χ2v) is 6.40. The zero-order valence-corrected chi connectivity index (χ0v) is 15.9. The van der Waals surface area contributed by atoms with Crippen molar-refractivity contribution in [2.24, 2.45) is 0 Å². The molecule has 15 heteroatoms. The molecule has 0 radical (unpaired) electrons. The highest BCUT2D eigenvalue weighted by atomic mass is 19.4. The number of carbonyl (C=O) groups is 5. The third kappa shape index (κ3) is 4.67. The fourth-order valence-electron chi connectivity index (χ4n) is 3.02. The fourth-order valence-corrected chi connectivity index (χ4v) is 3.02. The summed E-state index contributed by atoms with van der Waals surface area (Å²) >= 11 is 0. The Labute approximate surface area is 182 Å². The van der Waals surface area contributed by atoms with Crippen LogP contribution in [0.2, 0.25) is 0 Å². The van der Waals surface area contributed by atoms with E-state index in [1.165, 1.54) is 0 Å². The van der Waals surface area contributed by atoms with Gasteiger partial charge in [-0.15, -0.1) is 0 Å². The van der Waals surface area contributed by atoms with Crippen molar-refractivity contribution in [3.63, 3.8) is 0 Å². The largest absolute Gasteiger partial charge is 0.478 e. The molecule has 0 aliphatic rings. The lowest BCUT2D eigenvalue weighted by Crippen LogP contribution is -2.26. The summed E-state index contributed by atoms with van der Waals surface area (Å²) in [6, 6.07) is 0.748. The third-order valence-electron chi connectivity index (χ3n) is 4.33. The minimum absolute atomic E-state index is 0.271. The van der Waals surface area contributed by atoms with Crippen LogP contribution in [0.3, 0.4) is 0 Å². The Morgan fingerprint density at radius 2 is 1.09 bits per heavy atom. The van der Waals surface area contributed by atoms with Gasteiger partial charge in [0.1, 0.15) is 0 Å². The molecule has 180 valence electrons. The van der Waals surface area contributed by atoms with Crippen molar-refractivity contribution in [1.82, 2.24) is 0 Å². The highest BCUT2D eigenvalue weighted by molar-refractivity contribution is 6.15. The van der Waals surface area contributed by atoms with E-state index in [0.717, 1.165) is 0 Å². The van der Waals surface area contributed by atoms with Gasteiger partial charge < -0.3 is 20.4 Å². The summed E-state index contributed by atoms with van der Waals surface area (Å²) in [5, 5.41) is 36.3. The Morgan fingerprint density at radius 3 is 1.47 bits per heavy atom. The van der Waals surface area contributed by atoms with Gasteiger partial charge in [-0.25, -0.2) is 19.2 Å². The second kappa shape index (κ2) is 8.49. The topological polar surface area (TPSA) is 166 Å². The number of alkyl halides is 6. The molecular weight excluding hydrogens is 486 g/mol. The van der Waals surface area contributed by atoms with Gasteiger partial charge in [-0.3, -0.25) is 4.79 Å². The molecule has 0 aliphatic heterocycles. The Balaban J connectivity index is 3.06. The molecule has 0 amide bonds. The van der Waals surface area contributed by atoms with Gasteiger partial charge in [-0.2, -0.15) is 26.3 Å². The van der Waals surface area contributed by atoms with Gasteiger partial charge in [0.2, 0.25) is 0 Å². The quantitative estimate of drug-likeness (QED) is 0.346. The maximum atomic E-state index is 13.7. The molecule has 2 rings (SSSR count). The molecule has 0 spiro atoms. The molecule has 34 heavy (non-hydrogen) atoms. The van der Waals surface area contributed by atoms with Crippen LogP contribution in [0, 0.1) is 0 Å². The van der Waals surface area contributed by atoms with Crippen LogP contribution in [-0.4, -0.2) is 50.1 Å². The van der Waals surface area contributed by atoms with Crippen LogP contribution < -0.4 is 0 Å². The molecule has 4 N–H and O–H groups in total. The Hall–Kier alpha value is -4.43. The number of halogens is 6. The number of carboxylic acids is 4. The van der Waals surface area contributed by atoms with E-state index in [0.29, 0.717) is 12.1 Å². The SMILES string of the molecule is O=C(O)c1ccc(C(=O)c2cc(C(F)(F)F)c(C(=O)O)c(C(=O)O)c2C(F)(F)F)cc1C(=O)O. The van der Waals surface area contributed by atoms with Gasteiger partial charge in [0.05, 0.1) is 33.4 Å². The first-order chi connectivity index (χ1) is 15.4. The molecule has 0 unspecified atom stereocenters. The molecule has 0 saturated heterocycles. The predicted molar refractivity (Wildman–Crippen MR) is 94.2 cm³/mol. The zero-order chi connectivity index (χ0) is 26.3. The zero-order valence-electron chi connectivity index (χ0n) is 15.9. The normalized spacial score (nSPS) is 11.7. The molecule has 0 aromatic heterocycles. The molecule has 0 atom stereocenters. The van der Waals surface area contributed by atoms with Gasteiger partial charge in [0.25, 0.3) is 0 Å². The highest BCUT2D eigenvalue weighted by Crippen LogP contribution is 2.42. The van der Waals surface area contributed by atoms with Gasteiger partial charge in [-0.05, 0) is 18.2 Å². The number of hydrogen-bond donors (Lipinski definition) is 4. The molecule has 2 aromatic carbocycles. The fraction of sp³-hybridized carbons (Fsp3) is 0.105. The molecule has 0 fully saturated rings. The maximum Gasteiger partial charge on any atom is 0.417 e. The molecule has 2 aromatic rings. The van der Waals surface area contributed by atoms with Crippen molar-refractivity contribution in [3.8, 4) is 0 Å². The maximum absolute atomic E-state index is 13.7. The molecule has 0 aliphatic carbocycles. The van der Waals surface area contributed by atoms with Crippen molar-refractivity contribution in [2.75, 3.05) is 0 Å². The summed E-state index contributed by atoms with van der Waals surface area (Å²) in [5.41, 5.74) is -14.5. The molecule has 0 bridgehead atoms. The van der Waals surface area contributed by atoms with Crippen molar-refractivity contribution in [2.45, 2.75) is 12.4 Å². The molecule has 0 heterocycles. The number of rotatable bonds is 6. The highest BCUT2D eigenvalue weighted by Gasteiger charge is 2.47. The summed E-state index contributed by atoms with van der Waals surface area (Å²) in [7, 11) is 0. The van der Waals surface area contributed by atoms with Crippen molar-refractivity contribution >= 4 is 29.7 Å². The van der Waals surface area contributed by atoms with E-state index in [9.17, 15) is 50.3 Å². The van der Waals surface area contributed by atoms with Gasteiger partial charge in [0.15, 0.2) is 5.78 Å². The number of hydrogen-bond acceptors (Lipinski definition) is 5. The Morgan fingerprint density at radius 1 is 0.588 bits per heavy atom. The van der Waals surface area contributed by atoms with Crippen molar-refractivity contribution < 1.29 is 70.7 Å². The summed E-state index contributed by atoms with van der Waals surface area (Å²) in [6.45, 7) is 0. The van der Waals surface area contributed by atoms with Crippen LogP contribution in [-0.2, 0) is 12.4 Å². The van der Waals surface area contributed by atoms with E-state index in [4.69, 9.17) is 20.4 Å². The van der Waals surface area contributed by atoms with E-state index >= 15 is 0 Å². The predicted octanol–water partition coefficient (Wildman–Crippen LogP) is 3.75. The van der Waals surface area contributed by atoms with Crippen LogP contribution in [0.15, 0.2) is 24.3 Å². The average molecular weight is 494 g/mol. The average Bonchev–Trinajstić information content (AvgIpc) is 2.69. The van der Waals surface area contributed by atoms with Gasteiger partial charge in [-0.1, -0.05) is 6.07 Å². The van der Waals surface area contributed by atoms with Gasteiger partial charge >= 0.3 is 36.2 Å². The van der Waals surface area contributed by atoms with Crippen LogP contribution >= 0.6 is 0 Å². The number of aromatic carboxylic acids is 4. The summed E-state index contributed by atoms with van der Waals surface area (Å²) < 4.78 is 81.5. The minimum atomic E-state index is -5.86. The Kier molecular flexibility index (Phi) is 6.45. The summed E-state index contributed by atoms with van der Waals surface area (Å²) in [5.74, 6) is -11.2. The molecular formula is C19H8F6O9. The van der Waals surface area contributed by atoms with Crippen molar-refractivity contribution in [3.05, 3.63) is 68.8 Å². The lowest BCUT2D eigenvalue weighted by atomic mass is 9.86.